The smallest absolute Gasteiger partial charge is 0.218 e. The highest BCUT2D eigenvalue weighted by molar-refractivity contribution is 4.82. The Labute approximate surface area is 54.1 Å². The molecule has 1 saturated carbocycles. The Hall–Kier alpha value is -0.120. The van der Waals surface area contributed by atoms with E-state index in [1.165, 1.54) is 12.8 Å². The average Bonchev–Trinajstić information content (AvgIpc) is 2.12. The zero-order chi connectivity index (χ0) is 6.32. The first-order chi connectivity index (χ1) is 4.31. The lowest BCUT2D eigenvalue weighted by Gasteiger charge is -2.42. The summed E-state index contributed by atoms with van der Waals surface area (Å²) in [5, 5.41) is 0. The van der Waals surface area contributed by atoms with E-state index in [-0.39, 0.29) is 5.79 Å². The summed E-state index contributed by atoms with van der Waals surface area (Å²) < 4.78 is 10.5. The van der Waals surface area contributed by atoms with Gasteiger partial charge in [0.05, 0.1) is 0 Å². The Morgan fingerprint density at radius 1 is 1.22 bits per heavy atom. The van der Waals surface area contributed by atoms with E-state index >= 15 is 0 Å². The molecule has 52 valence electrons. The maximum absolute atomic E-state index is 5.29. The zero-order valence-electron chi connectivity index (χ0n) is 5.30. The highest BCUT2D eigenvalue weighted by atomic mass is 16.9. The molecule has 1 saturated heterocycles. The van der Waals surface area contributed by atoms with Gasteiger partial charge < -0.3 is 9.47 Å². The van der Waals surface area contributed by atoms with Crippen LogP contribution in [0, 0.1) is 0 Å². The SMILES string of the molecule is NC1OC2(CCCC2)O1. The summed E-state index contributed by atoms with van der Waals surface area (Å²) >= 11 is 0. The van der Waals surface area contributed by atoms with Gasteiger partial charge in [0.2, 0.25) is 6.41 Å². The van der Waals surface area contributed by atoms with Crippen molar-refractivity contribution in [3.05, 3.63) is 0 Å². The first-order valence-corrected chi connectivity index (χ1v) is 3.42. The fourth-order valence-electron chi connectivity index (χ4n) is 1.58. The quantitative estimate of drug-likeness (QED) is 0.519. The van der Waals surface area contributed by atoms with E-state index in [0.29, 0.717) is 0 Å². The van der Waals surface area contributed by atoms with Gasteiger partial charge in [-0.15, -0.1) is 0 Å². The van der Waals surface area contributed by atoms with Gasteiger partial charge in [-0.1, -0.05) is 0 Å². The lowest BCUT2D eigenvalue weighted by Crippen LogP contribution is -2.55. The molecule has 2 fully saturated rings. The molecule has 1 aliphatic carbocycles. The molecule has 1 spiro atoms. The largest absolute Gasteiger partial charge is 0.307 e. The molecular formula is C6H11NO2. The first kappa shape index (κ1) is 5.65. The molecule has 0 aromatic heterocycles. The van der Waals surface area contributed by atoms with Crippen LogP contribution in [-0.4, -0.2) is 12.2 Å². The minimum atomic E-state index is -0.442. The van der Waals surface area contributed by atoms with Crippen LogP contribution in [0.2, 0.25) is 0 Å². The van der Waals surface area contributed by atoms with Crippen LogP contribution in [0.25, 0.3) is 0 Å². The molecule has 0 aromatic carbocycles. The van der Waals surface area contributed by atoms with Crippen LogP contribution >= 0.6 is 0 Å². The fraction of sp³-hybridized carbons (Fsp3) is 1.00. The highest BCUT2D eigenvalue weighted by Crippen LogP contribution is 2.41. The molecule has 0 unspecified atom stereocenters. The van der Waals surface area contributed by atoms with Gasteiger partial charge in [-0.25, -0.2) is 0 Å². The molecule has 1 heterocycles. The van der Waals surface area contributed by atoms with Crippen LogP contribution in [0.15, 0.2) is 0 Å². The Morgan fingerprint density at radius 3 is 2.22 bits per heavy atom. The van der Waals surface area contributed by atoms with Crippen LogP contribution in [0.1, 0.15) is 25.7 Å². The van der Waals surface area contributed by atoms with E-state index in [1.807, 2.05) is 0 Å². The van der Waals surface area contributed by atoms with Gasteiger partial charge in [0, 0.05) is 12.8 Å². The second-order valence-electron chi connectivity index (χ2n) is 2.72. The first-order valence-electron chi connectivity index (χ1n) is 3.42. The summed E-state index contributed by atoms with van der Waals surface area (Å²) in [6.07, 6.45) is 4.05. The molecule has 0 amide bonds. The second-order valence-corrected chi connectivity index (χ2v) is 2.72. The minimum Gasteiger partial charge on any atom is -0.307 e. The lowest BCUT2D eigenvalue weighted by atomic mass is 10.2. The summed E-state index contributed by atoms with van der Waals surface area (Å²) in [5.41, 5.74) is 5.29. The van der Waals surface area contributed by atoms with Crippen molar-refractivity contribution in [3.8, 4) is 0 Å². The standard InChI is InChI=1S/C6H11NO2/c7-5-8-6(9-5)3-1-2-4-6/h5H,1-4,7H2. The Kier molecular flexibility index (Phi) is 1.06. The molecule has 2 aliphatic rings. The number of rotatable bonds is 0. The van der Waals surface area contributed by atoms with Crippen molar-refractivity contribution in [2.75, 3.05) is 0 Å². The summed E-state index contributed by atoms with van der Waals surface area (Å²) in [4.78, 5) is 0. The van der Waals surface area contributed by atoms with E-state index in [1.54, 1.807) is 0 Å². The van der Waals surface area contributed by atoms with Crippen molar-refractivity contribution < 1.29 is 9.47 Å². The van der Waals surface area contributed by atoms with Gasteiger partial charge in [-0.2, -0.15) is 0 Å². The minimum absolute atomic E-state index is 0.237. The third-order valence-corrected chi connectivity index (χ3v) is 2.03. The van der Waals surface area contributed by atoms with Crippen molar-refractivity contribution in [2.45, 2.75) is 37.9 Å². The molecule has 0 bridgehead atoms. The maximum atomic E-state index is 5.29. The van der Waals surface area contributed by atoms with Crippen molar-refractivity contribution in [1.82, 2.24) is 0 Å². The van der Waals surface area contributed by atoms with Crippen molar-refractivity contribution in [3.63, 3.8) is 0 Å². The maximum Gasteiger partial charge on any atom is 0.218 e. The second kappa shape index (κ2) is 1.68. The van der Waals surface area contributed by atoms with Crippen LogP contribution in [0.3, 0.4) is 0 Å². The number of hydrogen-bond acceptors (Lipinski definition) is 3. The molecule has 0 radical (unpaired) electrons. The normalized spacial score (nSPS) is 33.0. The van der Waals surface area contributed by atoms with Crippen LogP contribution in [0.5, 0.6) is 0 Å². The summed E-state index contributed by atoms with van der Waals surface area (Å²) in [6.45, 7) is 0. The van der Waals surface area contributed by atoms with Gasteiger partial charge >= 0.3 is 0 Å². The predicted molar refractivity (Wildman–Crippen MR) is 31.3 cm³/mol. The summed E-state index contributed by atoms with van der Waals surface area (Å²) in [6, 6.07) is 0. The predicted octanol–water partition coefficient (Wildman–Crippen LogP) is 0.546. The van der Waals surface area contributed by atoms with Gasteiger partial charge in [-0.3, -0.25) is 5.73 Å². The topological polar surface area (TPSA) is 44.5 Å². The molecular weight excluding hydrogens is 118 g/mol. The molecule has 2 N–H and O–H groups in total. The molecule has 3 nitrogen and oxygen atoms in total. The monoisotopic (exact) mass is 129 g/mol. The van der Waals surface area contributed by atoms with Crippen LogP contribution in [0.4, 0.5) is 0 Å². The lowest BCUT2D eigenvalue weighted by molar-refractivity contribution is -0.446. The van der Waals surface area contributed by atoms with Crippen molar-refractivity contribution in [2.24, 2.45) is 5.73 Å². The fourth-order valence-corrected chi connectivity index (χ4v) is 1.58. The molecule has 2 rings (SSSR count). The third kappa shape index (κ3) is 0.764. The molecule has 0 aromatic rings. The van der Waals surface area contributed by atoms with Gasteiger partial charge in [-0.05, 0) is 12.8 Å². The number of nitrogens with two attached hydrogens (primary N) is 1. The van der Waals surface area contributed by atoms with Gasteiger partial charge in [0.15, 0.2) is 5.79 Å². The molecule has 9 heavy (non-hydrogen) atoms. The van der Waals surface area contributed by atoms with E-state index < -0.39 is 6.41 Å². The molecule has 0 atom stereocenters. The van der Waals surface area contributed by atoms with E-state index in [9.17, 15) is 0 Å². The van der Waals surface area contributed by atoms with E-state index in [2.05, 4.69) is 0 Å². The van der Waals surface area contributed by atoms with Crippen LogP contribution in [-0.2, 0) is 9.47 Å². The molecule has 1 aliphatic heterocycles. The Morgan fingerprint density at radius 2 is 1.78 bits per heavy atom. The Bertz CT molecular complexity index is 112. The third-order valence-electron chi connectivity index (χ3n) is 2.03. The zero-order valence-corrected chi connectivity index (χ0v) is 5.30. The van der Waals surface area contributed by atoms with Crippen molar-refractivity contribution in [1.29, 1.82) is 0 Å². The highest BCUT2D eigenvalue weighted by Gasteiger charge is 2.47. The van der Waals surface area contributed by atoms with Gasteiger partial charge in [0.25, 0.3) is 0 Å². The average molecular weight is 129 g/mol. The Balaban J connectivity index is 1.95. The van der Waals surface area contributed by atoms with Crippen LogP contribution < -0.4 is 5.73 Å². The van der Waals surface area contributed by atoms with Gasteiger partial charge in [0.1, 0.15) is 0 Å². The summed E-state index contributed by atoms with van der Waals surface area (Å²) in [7, 11) is 0. The number of hydrogen-bond donors (Lipinski definition) is 1. The van der Waals surface area contributed by atoms with Crippen molar-refractivity contribution >= 4 is 0 Å². The molecule has 3 heteroatoms. The number of ether oxygens (including phenoxy) is 2. The van der Waals surface area contributed by atoms with E-state index in [4.69, 9.17) is 15.2 Å². The summed E-state index contributed by atoms with van der Waals surface area (Å²) in [5.74, 6) is -0.237. The van der Waals surface area contributed by atoms with E-state index in [0.717, 1.165) is 12.8 Å².